The number of halogens is 4. The first kappa shape index (κ1) is 9.38. The van der Waals surface area contributed by atoms with Crippen molar-refractivity contribution in [2.45, 2.75) is 19.6 Å². The fourth-order valence-electron chi connectivity index (χ4n) is 0.800. The standard InChI is InChI=1S/C6H6ClF3N2/c1-4-2-5(7)11-12(4)3-6(8,9)10/h2H,3H2,1H3. The van der Waals surface area contributed by atoms with Gasteiger partial charge in [0.1, 0.15) is 6.54 Å². The molecule has 1 aromatic rings. The van der Waals surface area contributed by atoms with Crippen molar-refractivity contribution in [2.75, 3.05) is 0 Å². The van der Waals surface area contributed by atoms with Crippen LogP contribution < -0.4 is 0 Å². The number of alkyl halides is 3. The predicted molar refractivity (Wildman–Crippen MR) is 38.0 cm³/mol. The molecule has 0 aliphatic rings. The van der Waals surface area contributed by atoms with E-state index >= 15 is 0 Å². The lowest BCUT2D eigenvalue weighted by molar-refractivity contribution is -0.142. The van der Waals surface area contributed by atoms with Gasteiger partial charge < -0.3 is 0 Å². The van der Waals surface area contributed by atoms with Crippen molar-refractivity contribution >= 4 is 11.6 Å². The molecule has 1 heterocycles. The largest absolute Gasteiger partial charge is 0.408 e. The Morgan fingerprint density at radius 2 is 2.17 bits per heavy atom. The second-order valence-electron chi connectivity index (χ2n) is 2.38. The molecule has 0 N–H and O–H groups in total. The van der Waals surface area contributed by atoms with Crippen LogP contribution in [0.5, 0.6) is 0 Å². The maximum atomic E-state index is 11.8. The van der Waals surface area contributed by atoms with Crippen LogP contribution in [-0.2, 0) is 6.54 Å². The average Bonchev–Trinajstić information content (AvgIpc) is 2.06. The Morgan fingerprint density at radius 1 is 1.58 bits per heavy atom. The molecule has 0 atom stereocenters. The lowest BCUT2D eigenvalue weighted by Gasteiger charge is -2.07. The van der Waals surface area contributed by atoms with Gasteiger partial charge in [-0.2, -0.15) is 18.3 Å². The highest BCUT2D eigenvalue weighted by Crippen LogP contribution is 2.19. The van der Waals surface area contributed by atoms with Crippen molar-refractivity contribution in [1.82, 2.24) is 9.78 Å². The van der Waals surface area contributed by atoms with Crippen LogP contribution in [0.25, 0.3) is 0 Å². The van der Waals surface area contributed by atoms with Crippen LogP contribution in [0.4, 0.5) is 13.2 Å². The molecule has 0 fully saturated rings. The Labute approximate surface area is 71.9 Å². The maximum Gasteiger partial charge on any atom is 0.408 e. The maximum absolute atomic E-state index is 11.8. The van der Waals surface area contributed by atoms with Gasteiger partial charge in [-0.25, -0.2) is 0 Å². The van der Waals surface area contributed by atoms with Crippen molar-refractivity contribution in [3.8, 4) is 0 Å². The third-order valence-corrected chi connectivity index (χ3v) is 1.47. The summed E-state index contributed by atoms with van der Waals surface area (Å²) in [5.41, 5.74) is 0.400. The van der Waals surface area contributed by atoms with Gasteiger partial charge in [0, 0.05) is 5.69 Å². The number of aryl methyl sites for hydroxylation is 1. The van der Waals surface area contributed by atoms with Crippen LogP contribution in [0.15, 0.2) is 6.07 Å². The lowest BCUT2D eigenvalue weighted by Crippen LogP contribution is -2.19. The molecule has 0 aromatic carbocycles. The first-order valence-corrected chi connectivity index (χ1v) is 3.53. The highest BCUT2D eigenvalue weighted by atomic mass is 35.5. The SMILES string of the molecule is Cc1cc(Cl)nn1CC(F)(F)F. The summed E-state index contributed by atoms with van der Waals surface area (Å²) in [5.74, 6) is 0. The van der Waals surface area contributed by atoms with E-state index in [2.05, 4.69) is 5.10 Å². The van der Waals surface area contributed by atoms with Crippen LogP contribution in [-0.4, -0.2) is 16.0 Å². The summed E-state index contributed by atoms with van der Waals surface area (Å²) in [5, 5.41) is 3.54. The van der Waals surface area contributed by atoms with Gasteiger partial charge in [-0.1, -0.05) is 11.6 Å². The molecule has 0 unspecified atom stereocenters. The van der Waals surface area contributed by atoms with E-state index in [1.807, 2.05) is 0 Å². The van der Waals surface area contributed by atoms with E-state index in [0.717, 1.165) is 4.68 Å². The van der Waals surface area contributed by atoms with E-state index in [4.69, 9.17) is 11.6 Å². The van der Waals surface area contributed by atoms with E-state index in [1.54, 1.807) is 0 Å². The molecule has 1 aromatic heterocycles. The van der Waals surface area contributed by atoms with Gasteiger partial charge in [0.2, 0.25) is 0 Å². The van der Waals surface area contributed by atoms with Gasteiger partial charge in [-0.05, 0) is 13.0 Å². The number of hydrogen-bond donors (Lipinski definition) is 0. The number of rotatable bonds is 1. The lowest BCUT2D eigenvalue weighted by atomic mass is 10.5. The monoisotopic (exact) mass is 198 g/mol. The molecule has 0 aliphatic carbocycles. The molecule has 12 heavy (non-hydrogen) atoms. The van der Waals surface area contributed by atoms with Crippen LogP contribution in [0.1, 0.15) is 5.69 Å². The normalized spacial score (nSPS) is 12.1. The summed E-state index contributed by atoms with van der Waals surface area (Å²) < 4.78 is 36.3. The quantitative estimate of drug-likeness (QED) is 0.678. The minimum absolute atomic E-state index is 0.0803. The Balaban J connectivity index is 2.82. The molecule has 1 rings (SSSR count). The molecular formula is C6H6ClF3N2. The number of aromatic nitrogens is 2. The van der Waals surface area contributed by atoms with Crippen molar-refractivity contribution in [3.63, 3.8) is 0 Å². The fourth-order valence-corrected chi connectivity index (χ4v) is 1.05. The fraction of sp³-hybridized carbons (Fsp3) is 0.500. The zero-order valence-corrected chi connectivity index (χ0v) is 6.95. The van der Waals surface area contributed by atoms with Crippen molar-refractivity contribution < 1.29 is 13.2 Å². The van der Waals surface area contributed by atoms with E-state index in [1.165, 1.54) is 13.0 Å². The first-order valence-electron chi connectivity index (χ1n) is 3.15. The van der Waals surface area contributed by atoms with Crippen molar-refractivity contribution in [3.05, 3.63) is 16.9 Å². The predicted octanol–water partition coefficient (Wildman–Crippen LogP) is 2.41. The number of nitrogens with zero attached hydrogens (tertiary/aromatic N) is 2. The van der Waals surface area contributed by atoms with Crippen LogP contribution in [0, 0.1) is 6.92 Å². The molecular weight excluding hydrogens is 193 g/mol. The molecule has 6 heteroatoms. The van der Waals surface area contributed by atoms with E-state index in [-0.39, 0.29) is 5.15 Å². The van der Waals surface area contributed by atoms with E-state index in [0.29, 0.717) is 5.69 Å². The zero-order chi connectivity index (χ0) is 9.35. The van der Waals surface area contributed by atoms with Gasteiger partial charge in [-0.3, -0.25) is 4.68 Å². The molecule has 0 saturated heterocycles. The van der Waals surface area contributed by atoms with Crippen molar-refractivity contribution in [2.24, 2.45) is 0 Å². The summed E-state index contributed by atoms with van der Waals surface area (Å²) in [6.45, 7) is 0.427. The van der Waals surface area contributed by atoms with Gasteiger partial charge in [-0.15, -0.1) is 0 Å². The van der Waals surface area contributed by atoms with Crippen LogP contribution in [0.2, 0.25) is 5.15 Å². The Hall–Kier alpha value is -0.710. The summed E-state index contributed by atoms with van der Waals surface area (Å²) in [7, 11) is 0. The van der Waals surface area contributed by atoms with E-state index < -0.39 is 12.7 Å². The van der Waals surface area contributed by atoms with Crippen molar-refractivity contribution in [1.29, 1.82) is 0 Å². The van der Waals surface area contributed by atoms with Crippen LogP contribution in [0.3, 0.4) is 0 Å². The van der Waals surface area contributed by atoms with Gasteiger partial charge in [0.05, 0.1) is 0 Å². The topological polar surface area (TPSA) is 17.8 Å². The van der Waals surface area contributed by atoms with Gasteiger partial charge >= 0.3 is 6.18 Å². The molecule has 0 radical (unpaired) electrons. The highest BCUT2D eigenvalue weighted by molar-refractivity contribution is 6.29. The third kappa shape index (κ3) is 2.41. The molecule has 2 nitrogen and oxygen atoms in total. The minimum atomic E-state index is -4.25. The summed E-state index contributed by atoms with van der Waals surface area (Å²) >= 11 is 5.40. The molecule has 0 spiro atoms. The molecule has 0 saturated carbocycles. The van der Waals surface area contributed by atoms with Gasteiger partial charge in [0.25, 0.3) is 0 Å². The second-order valence-corrected chi connectivity index (χ2v) is 2.77. The molecule has 68 valence electrons. The first-order chi connectivity index (χ1) is 5.38. The van der Waals surface area contributed by atoms with Gasteiger partial charge in [0.15, 0.2) is 5.15 Å². The smallest absolute Gasteiger partial charge is 0.259 e. The Morgan fingerprint density at radius 3 is 2.50 bits per heavy atom. The summed E-state index contributed by atoms with van der Waals surface area (Å²) in [6, 6.07) is 1.38. The number of hydrogen-bond acceptors (Lipinski definition) is 1. The minimum Gasteiger partial charge on any atom is -0.259 e. The summed E-state index contributed by atoms with van der Waals surface area (Å²) in [4.78, 5) is 0. The van der Waals surface area contributed by atoms with E-state index in [9.17, 15) is 13.2 Å². The highest BCUT2D eigenvalue weighted by Gasteiger charge is 2.29. The average molecular weight is 199 g/mol. The summed E-state index contributed by atoms with van der Waals surface area (Å²) in [6.07, 6.45) is -4.25. The third-order valence-electron chi connectivity index (χ3n) is 1.28. The zero-order valence-electron chi connectivity index (χ0n) is 6.19. The molecule has 0 amide bonds. The second kappa shape index (κ2) is 2.97. The Kier molecular flexibility index (Phi) is 2.32. The molecule has 0 aliphatic heterocycles. The Bertz CT molecular complexity index is 279. The van der Waals surface area contributed by atoms with Crippen LogP contribution >= 0.6 is 11.6 Å². The molecule has 0 bridgehead atoms.